The second-order valence-corrected chi connectivity index (χ2v) is 3.65. The van der Waals surface area contributed by atoms with Gasteiger partial charge in [0.15, 0.2) is 0 Å². The predicted octanol–water partition coefficient (Wildman–Crippen LogP) is 3.25. The molecule has 2 nitrogen and oxygen atoms in total. The first-order chi connectivity index (χ1) is 6.61. The summed E-state index contributed by atoms with van der Waals surface area (Å²) >= 11 is 6.12. The zero-order valence-corrected chi connectivity index (χ0v) is 9.10. The maximum atomic E-state index is 8.92. The minimum atomic E-state index is -0.137. The van der Waals surface area contributed by atoms with Crippen molar-refractivity contribution in [3.63, 3.8) is 0 Å². The highest BCUT2D eigenvalue weighted by Crippen LogP contribution is 2.31. The van der Waals surface area contributed by atoms with Gasteiger partial charge in [-0.25, -0.2) is 0 Å². The SMILES string of the molecule is CCC(C#N)c1ccc(N)c(C)c1Cl. The van der Waals surface area contributed by atoms with Gasteiger partial charge in [-0.15, -0.1) is 0 Å². The molecule has 1 rings (SSSR count). The van der Waals surface area contributed by atoms with Gasteiger partial charge in [0.2, 0.25) is 0 Å². The summed E-state index contributed by atoms with van der Waals surface area (Å²) in [5.41, 5.74) is 8.12. The summed E-state index contributed by atoms with van der Waals surface area (Å²) in [5, 5.41) is 9.55. The highest BCUT2D eigenvalue weighted by molar-refractivity contribution is 6.32. The lowest BCUT2D eigenvalue weighted by Crippen LogP contribution is -1.99. The number of benzene rings is 1. The minimum absolute atomic E-state index is 0.137. The number of hydrogen-bond donors (Lipinski definition) is 1. The van der Waals surface area contributed by atoms with E-state index >= 15 is 0 Å². The third-order valence-electron chi connectivity index (χ3n) is 2.40. The van der Waals surface area contributed by atoms with E-state index in [1.807, 2.05) is 19.9 Å². The largest absolute Gasteiger partial charge is 0.398 e. The Morgan fingerprint density at radius 3 is 2.71 bits per heavy atom. The van der Waals surface area contributed by atoms with Crippen molar-refractivity contribution in [1.82, 2.24) is 0 Å². The Kier molecular flexibility index (Phi) is 3.38. The molecule has 0 heterocycles. The van der Waals surface area contributed by atoms with E-state index in [4.69, 9.17) is 22.6 Å². The molecule has 0 aliphatic carbocycles. The van der Waals surface area contributed by atoms with E-state index < -0.39 is 0 Å². The second-order valence-electron chi connectivity index (χ2n) is 3.27. The fourth-order valence-corrected chi connectivity index (χ4v) is 1.67. The zero-order chi connectivity index (χ0) is 10.7. The molecule has 0 aromatic heterocycles. The summed E-state index contributed by atoms with van der Waals surface area (Å²) in [4.78, 5) is 0. The molecule has 2 N–H and O–H groups in total. The molecule has 0 bridgehead atoms. The first-order valence-corrected chi connectivity index (χ1v) is 4.93. The Hall–Kier alpha value is -1.20. The van der Waals surface area contributed by atoms with Gasteiger partial charge in [-0.3, -0.25) is 0 Å². The van der Waals surface area contributed by atoms with Crippen LogP contribution in [0, 0.1) is 18.3 Å². The Morgan fingerprint density at radius 2 is 2.21 bits per heavy atom. The van der Waals surface area contributed by atoms with Crippen LogP contribution in [0.2, 0.25) is 5.02 Å². The summed E-state index contributed by atoms with van der Waals surface area (Å²) in [6, 6.07) is 5.87. The molecule has 1 unspecified atom stereocenters. The number of halogens is 1. The summed E-state index contributed by atoms with van der Waals surface area (Å²) in [6.45, 7) is 3.83. The normalized spacial score (nSPS) is 12.1. The lowest BCUT2D eigenvalue weighted by molar-refractivity contribution is 0.818. The van der Waals surface area contributed by atoms with Crippen molar-refractivity contribution in [3.05, 3.63) is 28.3 Å². The maximum absolute atomic E-state index is 8.92. The molecule has 1 aromatic rings. The molecule has 74 valence electrons. The fourth-order valence-electron chi connectivity index (χ4n) is 1.37. The van der Waals surface area contributed by atoms with Crippen LogP contribution in [0.3, 0.4) is 0 Å². The molecule has 0 spiro atoms. The van der Waals surface area contributed by atoms with Gasteiger partial charge >= 0.3 is 0 Å². The standard InChI is InChI=1S/C11H13ClN2/c1-3-8(6-13)9-4-5-10(14)7(2)11(9)12/h4-5,8H,3,14H2,1-2H3. The van der Waals surface area contributed by atoms with Crippen LogP contribution in [0.15, 0.2) is 12.1 Å². The van der Waals surface area contributed by atoms with Crippen molar-refractivity contribution in [2.45, 2.75) is 26.2 Å². The van der Waals surface area contributed by atoms with Gasteiger partial charge in [-0.1, -0.05) is 24.6 Å². The third-order valence-corrected chi connectivity index (χ3v) is 2.90. The van der Waals surface area contributed by atoms with E-state index in [9.17, 15) is 0 Å². The van der Waals surface area contributed by atoms with E-state index in [0.717, 1.165) is 17.5 Å². The average molecular weight is 209 g/mol. The van der Waals surface area contributed by atoms with Crippen molar-refractivity contribution in [2.75, 3.05) is 5.73 Å². The molecule has 3 heteroatoms. The van der Waals surface area contributed by atoms with Crippen LogP contribution in [-0.4, -0.2) is 0 Å². The number of anilines is 1. The van der Waals surface area contributed by atoms with Gasteiger partial charge in [0.05, 0.1) is 17.0 Å². The zero-order valence-electron chi connectivity index (χ0n) is 8.34. The summed E-state index contributed by atoms with van der Waals surface area (Å²) in [6.07, 6.45) is 0.763. The molecule has 0 saturated carbocycles. The van der Waals surface area contributed by atoms with Crippen LogP contribution in [0.1, 0.15) is 30.4 Å². The molecular formula is C11H13ClN2. The molecule has 0 fully saturated rings. The number of nitrogens with zero attached hydrogens (tertiary/aromatic N) is 1. The molecular weight excluding hydrogens is 196 g/mol. The molecule has 0 saturated heterocycles. The number of rotatable bonds is 2. The van der Waals surface area contributed by atoms with Crippen LogP contribution in [0.25, 0.3) is 0 Å². The van der Waals surface area contributed by atoms with E-state index in [-0.39, 0.29) is 5.92 Å². The quantitative estimate of drug-likeness (QED) is 0.759. The first-order valence-electron chi connectivity index (χ1n) is 4.55. The van der Waals surface area contributed by atoms with Gasteiger partial charge in [-0.2, -0.15) is 5.26 Å². The van der Waals surface area contributed by atoms with Crippen molar-refractivity contribution < 1.29 is 0 Å². The van der Waals surface area contributed by atoms with Crippen molar-refractivity contribution in [3.8, 4) is 6.07 Å². The van der Waals surface area contributed by atoms with Crippen LogP contribution in [-0.2, 0) is 0 Å². The van der Waals surface area contributed by atoms with E-state index in [2.05, 4.69) is 6.07 Å². The number of hydrogen-bond acceptors (Lipinski definition) is 2. The van der Waals surface area contributed by atoms with Crippen molar-refractivity contribution in [1.29, 1.82) is 5.26 Å². The lowest BCUT2D eigenvalue weighted by atomic mass is 9.96. The number of nitrogen functional groups attached to an aromatic ring is 1. The molecule has 14 heavy (non-hydrogen) atoms. The van der Waals surface area contributed by atoms with Crippen LogP contribution < -0.4 is 5.73 Å². The topological polar surface area (TPSA) is 49.8 Å². The van der Waals surface area contributed by atoms with Crippen LogP contribution in [0.5, 0.6) is 0 Å². The number of nitrogens with two attached hydrogens (primary N) is 1. The van der Waals surface area contributed by atoms with Crippen molar-refractivity contribution in [2.24, 2.45) is 0 Å². The Bertz CT molecular complexity index is 380. The molecule has 0 aliphatic rings. The van der Waals surface area contributed by atoms with Gasteiger partial charge in [0, 0.05) is 5.69 Å². The summed E-state index contributed by atoms with van der Waals surface area (Å²) in [5.74, 6) is -0.137. The van der Waals surface area contributed by atoms with Gasteiger partial charge < -0.3 is 5.73 Å². The second kappa shape index (κ2) is 4.34. The minimum Gasteiger partial charge on any atom is -0.398 e. The van der Waals surface area contributed by atoms with Crippen molar-refractivity contribution >= 4 is 17.3 Å². The Labute approximate surface area is 89.3 Å². The fraction of sp³-hybridized carbons (Fsp3) is 0.364. The van der Waals surface area contributed by atoms with Gasteiger partial charge in [0.1, 0.15) is 0 Å². The van der Waals surface area contributed by atoms with E-state index in [0.29, 0.717) is 10.7 Å². The molecule has 1 atom stereocenters. The summed E-state index contributed by atoms with van der Waals surface area (Å²) in [7, 11) is 0. The molecule has 1 aromatic carbocycles. The third kappa shape index (κ3) is 1.83. The Balaban J connectivity index is 3.24. The lowest BCUT2D eigenvalue weighted by Gasteiger charge is -2.12. The predicted molar refractivity (Wildman–Crippen MR) is 59.2 cm³/mol. The van der Waals surface area contributed by atoms with E-state index in [1.54, 1.807) is 6.07 Å². The monoisotopic (exact) mass is 208 g/mol. The Morgan fingerprint density at radius 1 is 1.57 bits per heavy atom. The smallest absolute Gasteiger partial charge is 0.0724 e. The van der Waals surface area contributed by atoms with Crippen LogP contribution >= 0.6 is 11.6 Å². The van der Waals surface area contributed by atoms with E-state index in [1.165, 1.54) is 0 Å². The summed E-state index contributed by atoms with van der Waals surface area (Å²) < 4.78 is 0. The first kappa shape index (κ1) is 10.9. The molecule has 0 amide bonds. The molecule has 0 radical (unpaired) electrons. The maximum Gasteiger partial charge on any atom is 0.0724 e. The van der Waals surface area contributed by atoms with Gasteiger partial charge in [0.25, 0.3) is 0 Å². The molecule has 0 aliphatic heterocycles. The average Bonchev–Trinajstić information content (AvgIpc) is 2.19. The van der Waals surface area contributed by atoms with Crippen LogP contribution in [0.4, 0.5) is 5.69 Å². The number of nitriles is 1. The highest BCUT2D eigenvalue weighted by Gasteiger charge is 2.14. The highest BCUT2D eigenvalue weighted by atomic mass is 35.5. The van der Waals surface area contributed by atoms with Gasteiger partial charge in [-0.05, 0) is 30.5 Å².